The molecule has 1 unspecified atom stereocenters. The summed E-state index contributed by atoms with van der Waals surface area (Å²) in [6.07, 6.45) is 1.17. The van der Waals surface area contributed by atoms with Gasteiger partial charge in [0.05, 0.1) is 17.1 Å². The summed E-state index contributed by atoms with van der Waals surface area (Å²) < 4.78 is 0. The van der Waals surface area contributed by atoms with Crippen LogP contribution in [0.2, 0.25) is 0 Å². The van der Waals surface area contributed by atoms with E-state index in [1.165, 1.54) is 5.56 Å². The van der Waals surface area contributed by atoms with Crippen LogP contribution >= 0.6 is 36.2 Å². The van der Waals surface area contributed by atoms with Gasteiger partial charge < -0.3 is 10.6 Å². The molecule has 0 fully saturated rings. The number of benzene rings is 1. The van der Waals surface area contributed by atoms with Crippen molar-refractivity contribution in [2.75, 3.05) is 13.6 Å². The van der Waals surface area contributed by atoms with E-state index < -0.39 is 0 Å². The minimum atomic E-state index is 0. The molecular formula is C16H23Cl2N3OS. The number of halogens is 2. The molecule has 0 saturated carbocycles. The van der Waals surface area contributed by atoms with E-state index >= 15 is 0 Å². The number of aromatic nitrogens is 1. The first-order chi connectivity index (χ1) is 10.2. The Bertz CT molecular complexity index is 578. The molecule has 2 rings (SSSR count). The van der Waals surface area contributed by atoms with Gasteiger partial charge in [0, 0.05) is 24.4 Å². The van der Waals surface area contributed by atoms with Crippen molar-refractivity contribution in [2.45, 2.75) is 25.8 Å². The normalized spacial score (nSPS) is 11.0. The number of nitrogens with zero attached hydrogens (tertiary/aromatic N) is 1. The highest BCUT2D eigenvalue weighted by Gasteiger charge is 2.09. The van der Waals surface area contributed by atoms with Crippen LogP contribution in [0, 0.1) is 0 Å². The van der Waals surface area contributed by atoms with Gasteiger partial charge in [-0.25, -0.2) is 4.98 Å². The Kier molecular flexibility index (Phi) is 10.8. The lowest BCUT2D eigenvalue weighted by atomic mass is 10.2. The maximum Gasteiger partial charge on any atom is 0.226 e. The van der Waals surface area contributed by atoms with E-state index in [-0.39, 0.29) is 36.8 Å². The summed E-state index contributed by atoms with van der Waals surface area (Å²) >= 11 is 1.61. The SMILES string of the molecule is CNC(C)CNC(=O)Cc1csc(Cc2ccccc2)n1.Cl.Cl. The summed E-state index contributed by atoms with van der Waals surface area (Å²) in [6.45, 7) is 2.66. The van der Waals surface area contributed by atoms with Crippen molar-refractivity contribution in [3.05, 3.63) is 52.0 Å². The molecular weight excluding hydrogens is 353 g/mol. The Morgan fingerprint density at radius 1 is 1.26 bits per heavy atom. The fraction of sp³-hybridized carbons (Fsp3) is 0.375. The molecule has 2 N–H and O–H groups in total. The molecule has 0 saturated heterocycles. The first-order valence-corrected chi connectivity index (χ1v) is 7.96. The quantitative estimate of drug-likeness (QED) is 0.781. The van der Waals surface area contributed by atoms with Gasteiger partial charge in [-0.1, -0.05) is 30.3 Å². The minimum absolute atomic E-state index is 0. The van der Waals surface area contributed by atoms with Gasteiger partial charge in [0.25, 0.3) is 0 Å². The third kappa shape index (κ3) is 7.79. The molecule has 0 spiro atoms. The van der Waals surface area contributed by atoms with E-state index in [9.17, 15) is 4.79 Å². The van der Waals surface area contributed by atoms with E-state index in [0.29, 0.717) is 13.0 Å². The van der Waals surface area contributed by atoms with E-state index in [1.807, 2.05) is 37.6 Å². The van der Waals surface area contributed by atoms with Crippen molar-refractivity contribution < 1.29 is 4.79 Å². The number of hydrogen-bond donors (Lipinski definition) is 2. The number of nitrogens with one attached hydrogen (secondary N) is 2. The van der Waals surface area contributed by atoms with Crippen LogP contribution in [0.4, 0.5) is 0 Å². The maximum absolute atomic E-state index is 11.8. The highest BCUT2D eigenvalue weighted by atomic mass is 35.5. The molecule has 1 amide bonds. The molecule has 1 atom stereocenters. The van der Waals surface area contributed by atoms with Gasteiger partial charge in [-0.3, -0.25) is 4.79 Å². The summed E-state index contributed by atoms with van der Waals surface area (Å²) in [4.78, 5) is 16.4. The van der Waals surface area contributed by atoms with Crippen LogP contribution in [0.3, 0.4) is 0 Å². The van der Waals surface area contributed by atoms with E-state index in [1.54, 1.807) is 11.3 Å². The zero-order chi connectivity index (χ0) is 15.1. The second-order valence-corrected chi connectivity index (χ2v) is 6.01. The summed E-state index contributed by atoms with van der Waals surface area (Å²) in [5.74, 6) is 0.0219. The summed E-state index contributed by atoms with van der Waals surface area (Å²) in [6, 6.07) is 10.5. The van der Waals surface area contributed by atoms with Gasteiger partial charge in [-0.15, -0.1) is 36.2 Å². The largest absolute Gasteiger partial charge is 0.354 e. The standard InChI is InChI=1S/C16H21N3OS.2ClH/c1-12(17-2)10-18-15(20)9-14-11-21-16(19-14)8-13-6-4-3-5-7-13;;/h3-7,11-12,17H,8-10H2,1-2H3,(H,18,20);2*1H. The molecule has 4 nitrogen and oxygen atoms in total. The fourth-order valence-corrected chi connectivity index (χ4v) is 2.71. The Labute approximate surface area is 153 Å². The van der Waals surface area contributed by atoms with Crippen LogP contribution in [-0.4, -0.2) is 30.5 Å². The monoisotopic (exact) mass is 375 g/mol. The number of carbonyl (C=O) groups is 1. The second kappa shape index (κ2) is 11.4. The molecule has 23 heavy (non-hydrogen) atoms. The van der Waals surface area contributed by atoms with Crippen LogP contribution in [0.1, 0.15) is 23.2 Å². The summed E-state index contributed by atoms with van der Waals surface area (Å²) in [5, 5.41) is 9.01. The predicted octanol–water partition coefficient (Wildman–Crippen LogP) is 2.84. The van der Waals surface area contributed by atoms with Crippen molar-refractivity contribution >= 4 is 42.1 Å². The molecule has 1 aromatic heterocycles. The van der Waals surface area contributed by atoms with Crippen LogP contribution in [0.25, 0.3) is 0 Å². The number of rotatable bonds is 7. The van der Waals surface area contributed by atoms with Gasteiger partial charge in [0.2, 0.25) is 5.91 Å². The smallest absolute Gasteiger partial charge is 0.226 e. The lowest BCUT2D eigenvalue weighted by Crippen LogP contribution is -2.37. The molecule has 128 valence electrons. The molecule has 0 radical (unpaired) electrons. The molecule has 2 aromatic rings. The van der Waals surface area contributed by atoms with Crippen molar-refractivity contribution in [2.24, 2.45) is 0 Å². The number of amides is 1. The third-order valence-corrected chi connectivity index (χ3v) is 4.14. The van der Waals surface area contributed by atoms with Crippen molar-refractivity contribution in [1.29, 1.82) is 0 Å². The van der Waals surface area contributed by atoms with Crippen molar-refractivity contribution in [3.8, 4) is 0 Å². The summed E-state index contributed by atoms with van der Waals surface area (Å²) in [5.41, 5.74) is 2.09. The molecule has 7 heteroatoms. The van der Waals surface area contributed by atoms with Gasteiger partial charge in [-0.2, -0.15) is 0 Å². The highest BCUT2D eigenvalue weighted by Crippen LogP contribution is 2.15. The topological polar surface area (TPSA) is 54.0 Å². The van der Waals surface area contributed by atoms with Crippen LogP contribution in [0.15, 0.2) is 35.7 Å². The maximum atomic E-state index is 11.8. The van der Waals surface area contributed by atoms with Crippen LogP contribution in [0.5, 0.6) is 0 Å². The number of likely N-dealkylation sites (N-methyl/N-ethyl adjacent to an activating group) is 1. The minimum Gasteiger partial charge on any atom is -0.354 e. The lowest BCUT2D eigenvalue weighted by molar-refractivity contribution is -0.120. The molecule has 0 aliphatic carbocycles. The van der Waals surface area contributed by atoms with E-state index in [4.69, 9.17) is 0 Å². The van der Waals surface area contributed by atoms with E-state index in [0.717, 1.165) is 17.1 Å². The average molecular weight is 376 g/mol. The average Bonchev–Trinajstić information content (AvgIpc) is 2.92. The Morgan fingerprint density at radius 3 is 2.61 bits per heavy atom. The predicted molar refractivity (Wildman–Crippen MR) is 101 cm³/mol. The number of thiazole rings is 1. The third-order valence-electron chi connectivity index (χ3n) is 3.24. The zero-order valence-electron chi connectivity index (χ0n) is 13.2. The molecule has 1 heterocycles. The Hall–Kier alpha value is -1.14. The van der Waals surface area contributed by atoms with Crippen molar-refractivity contribution in [1.82, 2.24) is 15.6 Å². The number of hydrogen-bond acceptors (Lipinski definition) is 4. The first kappa shape index (κ1) is 21.9. The van der Waals surface area contributed by atoms with Gasteiger partial charge in [-0.05, 0) is 19.5 Å². The van der Waals surface area contributed by atoms with Crippen LogP contribution < -0.4 is 10.6 Å². The number of carbonyl (C=O) groups excluding carboxylic acids is 1. The Morgan fingerprint density at radius 2 is 1.96 bits per heavy atom. The first-order valence-electron chi connectivity index (χ1n) is 7.08. The lowest BCUT2D eigenvalue weighted by Gasteiger charge is -2.10. The zero-order valence-corrected chi connectivity index (χ0v) is 15.7. The Balaban J connectivity index is 0.00000242. The highest BCUT2D eigenvalue weighted by molar-refractivity contribution is 7.09. The molecule has 0 aliphatic heterocycles. The van der Waals surface area contributed by atoms with Gasteiger partial charge in [0.1, 0.15) is 0 Å². The van der Waals surface area contributed by atoms with E-state index in [2.05, 4.69) is 27.8 Å². The van der Waals surface area contributed by atoms with Crippen molar-refractivity contribution in [3.63, 3.8) is 0 Å². The van der Waals surface area contributed by atoms with Crippen LogP contribution in [-0.2, 0) is 17.6 Å². The fourth-order valence-electron chi connectivity index (χ4n) is 1.88. The molecule has 1 aromatic carbocycles. The summed E-state index contributed by atoms with van der Waals surface area (Å²) in [7, 11) is 1.88. The van der Waals surface area contributed by atoms with Gasteiger partial charge >= 0.3 is 0 Å². The second-order valence-electron chi connectivity index (χ2n) is 5.07. The molecule has 0 bridgehead atoms. The molecule has 0 aliphatic rings. The van der Waals surface area contributed by atoms with Gasteiger partial charge in [0.15, 0.2) is 0 Å².